The predicted octanol–water partition coefficient (Wildman–Crippen LogP) is 1.49. The van der Waals surface area contributed by atoms with Gasteiger partial charge in [0.05, 0.1) is 16.7 Å². The third kappa shape index (κ3) is 3.76. The topological polar surface area (TPSA) is 84.7 Å². The Morgan fingerprint density at radius 1 is 1.41 bits per heavy atom. The second-order valence-electron chi connectivity index (χ2n) is 5.44. The molecule has 2 rings (SSSR count). The molecule has 7 heteroatoms. The van der Waals surface area contributed by atoms with E-state index < -0.39 is 6.10 Å². The minimum Gasteiger partial charge on any atom is -0.364 e. The van der Waals surface area contributed by atoms with Gasteiger partial charge < -0.3 is 20.7 Å². The summed E-state index contributed by atoms with van der Waals surface area (Å²) in [6.45, 7) is 0.409. The molecule has 22 heavy (non-hydrogen) atoms. The van der Waals surface area contributed by atoms with Crippen molar-refractivity contribution in [1.82, 2.24) is 4.90 Å². The van der Waals surface area contributed by atoms with Crippen molar-refractivity contribution in [3.8, 4) is 0 Å². The maximum atomic E-state index is 12.2. The lowest BCUT2D eigenvalue weighted by molar-refractivity contribution is -0.126. The van der Waals surface area contributed by atoms with Crippen LogP contribution in [0.1, 0.15) is 23.2 Å². The van der Waals surface area contributed by atoms with Crippen LogP contribution in [0.25, 0.3) is 0 Å². The van der Waals surface area contributed by atoms with Gasteiger partial charge in [0, 0.05) is 26.3 Å². The number of nitrogens with zero attached hydrogens (tertiary/aromatic N) is 1. The molecular formula is C15H20ClN3O3. The molecule has 0 aromatic heterocycles. The Hall–Kier alpha value is -1.63. The molecule has 1 aromatic carbocycles. The molecule has 2 atom stereocenters. The summed E-state index contributed by atoms with van der Waals surface area (Å²) in [5, 5.41) is 3.10. The zero-order valence-corrected chi connectivity index (χ0v) is 13.4. The molecule has 1 fully saturated rings. The van der Waals surface area contributed by atoms with Crippen LogP contribution in [0, 0.1) is 0 Å². The number of hydrogen-bond acceptors (Lipinski definition) is 4. The Bertz CT molecular complexity index is 577. The summed E-state index contributed by atoms with van der Waals surface area (Å²) >= 11 is 6.04. The van der Waals surface area contributed by atoms with E-state index in [4.69, 9.17) is 22.1 Å². The van der Waals surface area contributed by atoms with Gasteiger partial charge in [-0.15, -0.1) is 0 Å². The van der Waals surface area contributed by atoms with Gasteiger partial charge in [0.1, 0.15) is 6.10 Å². The quantitative estimate of drug-likeness (QED) is 0.878. The van der Waals surface area contributed by atoms with Crippen molar-refractivity contribution in [1.29, 1.82) is 0 Å². The normalized spacial score (nSPS) is 20.7. The molecule has 1 aromatic rings. The summed E-state index contributed by atoms with van der Waals surface area (Å²) in [4.78, 5) is 25.6. The molecule has 120 valence electrons. The van der Waals surface area contributed by atoms with E-state index in [1.165, 1.54) is 4.90 Å². The van der Waals surface area contributed by atoms with Crippen molar-refractivity contribution >= 4 is 29.1 Å². The van der Waals surface area contributed by atoms with E-state index in [2.05, 4.69) is 5.32 Å². The van der Waals surface area contributed by atoms with Crippen LogP contribution in [0.2, 0.25) is 5.02 Å². The minimum absolute atomic E-state index is 0.0631. The van der Waals surface area contributed by atoms with Crippen LogP contribution in [0.3, 0.4) is 0 Å². The summed E-state index contributed by atoms with van der Waals surface area (Å²) in [6.07, 6.45) is 0.855. The monoisotopic (exact) mass is 325 g/mol. The lowest BCUT2D eigenvalue weighted by Crippen LogP contribution is -2.30. The van der Waals surface area contributed by atoms with Crippen LogP contribution in [-0.2, 0) is 9.53 Å². The number of hydrogen-bond donors (Lipinski definition) is 2. The zero-order valence-electron chi connectivity index (χ0n) is 12.6. The van der Waals surface area contributed by atoms with Gasteiger partial charge in [-0.2, -0.15) is 0 Å². The standard InChI is InChI=1S/C15H20ClN3O3/c1-19(2)15(21)11-7-9(3-5-12(11)16)18-14(20)13-6-4-10(8-17)22-13/h3,5,7,10,13H,4,6,8,17H2,1-2H3,(H,18,20)/t10-,13+/m1/s1. The van der Waals surface area contributed by atoms with Gasteiger partial charge in [0.2, 0.25) is 0 Å². The number of carbonyl (C=O) groups excluding carboxylic acids is 2. The van der Waals surface area contributed by atoms with Crippen molar-refractivity contribution in [3.63, 3.8) is 0 Å². The molecular weight excluding hydrogens is 306 g/mol. The van der Waals surface area contributed by atoms with Crippen molar-refractivity contribution in [3.05, 3.63) is 28.8 Å². The second kappa shape index (κ2) is 7.09. The van der Waals surface area contributed by atoms with E-state index in [0.29, 0.717) is 29.2 Å². The van der Waals surface area contributed by atoms with Crippen LogP contribution in [-0.4, -0.2) is 49.6 Å². The van der Waals surface area contributed by atoms with Gasteiger partial charge >= 0.3 is 0 Å². The van der Waals surface area contributed by atoms with Crippen molar-refractivity contribution < 1.29 is 14.3 Å². The van der Waals surface area contributed by atoms with E-state index in [0.717, 1.165) is 6.42 Å². The molecule has 3 N–H and O–H groups in total. The number of ether oxygens (including phenoxy) is 1. The summed E-state index contributed by atoms with van der Waals surface area (Å²) in [7, 11) is 3.28. The maximum Gasteiger partial charge on any atom is 0.254 e. The van der Waals surface area contributed by atoms with Gasteiger partial charge in [-0.25, -0.2) is 0 Å². The first kappa shape index (κ1) is 16.7. The second-order valence-corrected chi connectivity index (χ2v) is 5.85. The molecule has 1 aliphatic heterocycles. The molecule has 1 saturated heterocycles. The number of rotatable bonds is 4. The maximum absolute atomic E-state index is 12.2. The Labute approximate surface area is 134 Å². The fraction of sp³-hybridized carbons (Fsp3) is 0.467. The van der Waals surface area contributed by atoms with E-state index >= 15 is 0 Å². The van der Waals surface area contributed by atoms with Gasteiger partial charge in [-0.05, 0) is 31.0 Å². The lowest BCUT2D eigenvalue weighted by atomic mass is 10.1. The highest BCUT2D eigenvalue weighted by atomic mass is 35.5. The summed E-state index contributed by atoms with van der Waals surface area (Å²) < 4.78 is 5.55. The molecule has 1 heterocycles. The molecule has 0 aliphatic carbocycles. The Morgan fingerprint density at radius 2 is 2.14 bits per heavy atom. The zero-order chi connectivity index (χ0) is 16.3. The van der Waals surface area contributed by atoms with Gasteiger partial charge in [0.25, 0.3) is 11.8 Å². The molecule has 1 aliphatic rings. The van der Waals surface area contributed by atoms with Crippen LogP contribution in [0.15, 0.2) is 18.2 Å². The SMILES string of the molecule is CN(C)C(=O)c1cc(NC(=O)[C@@H]2CC[C@H](CN)O2)ccc1Cl. The van der Waals surface area contributed by atoms with Gasteiger partial charge in [-0.3, -0.25) is 9.59 Å². The molecule has 0 bridgehead atoms. The smallest absolute Gasteiger partial charge is 0.254 e. The first-order valence-electron chi connectivity index (χ1n) is 7.10. The number of anilines is 1. The predicted molar refractivity (Wildman–Crippen MR) is 85.0 cm³/mol. The first-order chi connectivity index (χ1) is 10.4. The van der Waals surface area contributed by atoms with Crippen molar-refractivity contribution in [2.24, 2.45) is 5.73 Å². The van der Waals surface area contributed by atoms with Crippen LogP contribution in [0.4, 0.5) is 5.69 Å². The van der Waals surface area contributed by atoms with Crippen LogP contribution < -0.4 is 11.1 Å². The Morgan fingerprint density at radius 3 is 2.73 bits per heavy atom. The van der Waals surface area contributed by atoms with E-state index in [9.17, 15) is 9.59 Å². The minimum atomic E-state index is -0.503. The summed E-state index contributed by atoms with van der Waals surface area (Å²) in [6, 6.07) is 4.81. The fourth-order valence-electron chi connectivity index (χ4n) is 2.30. The molecule has 0 saturated carbocycles. The fourth-order valence-corrected chi connectivity index (χ4v) is 2.50. The Kier molecular flexibility index (Phi) is 5.39. The third-order valence-corrected chi connectivity index (χ3v) is 3.86. The molecule has 0 unspecified atom stereocenters. The highest BCUT2D eigenvalue weighted by Gasteiger charge is 2.30. The average molecular weight is 326 g/mol. The molecule has 0 spiro atoms. The third-order valence-electron chi connectivity index (χ3n) is 3.53. The number of amides is 2. The largest absolute Gasteiger partial charge is 0.364 e. The van der Waals surface area contributed by atoms with Crippen molar-refractivity contribution in [2.75, 3.05) is 26.0 Å². The van der Waals surface area contributed by atoms with E-state index in [-0.39, 0.29) is 17.9 Å². The highest BCUT2D eigenvalue weighted by Crippen LogP contribution is 2.24. The average Bonchev–Trinajstić information content (AvgIpc) is 2.97. The summed E-state index contributed by atoms with van der Waals surface area (Å²) in [5.41, 5.74) is 6.39. The van der Waals surface area contributed by atoms with Gasteiger partial charge in [-0.1, -0.05) is 11.6 Å². The van der Waals surface area contributed by atoms with Gasteiger partial charge in [0.15, 0.2) is 0 Å². The molecule has 0 radical (unpaired) electrons. The van der Waals surface area contributed by atoms with Crippen LogP contribution >= 0.6 is 11.6 Å². The van der Waals surface area contributed by atoms with Crippen LogP contribution in [0.5, 0.6) is 0 Å². The van der Waals surface area contributed by atoms with E-state index in [1.54, 1.807) is 32.3 Å². The number of carbonyl (C=O) groups is 2. The number of nitrogens with two attached hydrogens (primary N) is 1. The Balaban J connectivity index is 2.09. The van der Waals surface area contributed by atoms with E-state index in [1.807, 2.05) is 0 Å². The number of benzene rings is 1. The highest BCUT2D eigenvalue weighted by molar-refractivity contribution is 6.34. The molecule has 2 amide bonds. The molecule has 6 nitrogen and oxygen atoms in total. The summed E-state index contributed by atoms with van der Waals surface area (Å²) in [5.74, 6) is -0.456. The lowest BCUT2D eigenvalue weighted by Gasteiger charge is -2.15. The van der Waals surface area contributed by atoms with Crippen molar-refractivity contribution in [2.45, 2.75) is 25.0 Å². The number of halogens is 1. The first-order valence-corrected chi connectivity index (χ1v) is 7.47. The number of nitrogens with one attached hydrogen (secondary N) is 1.